The van der Waals surface area contributed by atoms with E-state index in [9.17, 15) is 26.4 Å². The molecule has 266 valence electrons. The molecule has 2 N–H and O–H groups in total. The number of carbonyl (C=O) groups excluding carboxylic acids is 1. The Morgan fingerprint density at radius 3 is 2.12 bits per heavy atom. The van der Waals surface area contributed by atoms with Crippen LogP contribution in [0, 0.1) is 0 Å². The van der Waals surface area contributed by atoms with Crippen molar-refractivity contribution in [3.63, 3.8) is 0 Å². The van der Waals surface area contributed by atoms with E-state index >= 15 is 0 Å². The van der Waals surface area contributed by atoms with Crippen molar-refractivity contribution in [1.29, 1.82) is 0 Å². The number of methoxy groups -OCH3 is 1. The van der Waals surface area contributed by atoms with Crippen LogP contribution in [-0.4, -0.2) is 48.0 Å². The lowest BCUT2D eigenvalue weighted by atomic mass is 9.87. The van der Waals surface area contributed by atoms with Gasteiger partial charge in [-0.1, -0.05) is 57.2 Å². The molecule has 16 heteroatoms. The van der Waals surface area contributed by atoms with Gasteiger partial charge in [0.05, 0.1) is 36.3 Å². The van der Waals surface area contributed by atoms with E-state index in [4.69, 9.17) is 14.2 Å². The van der Waals surface area contributed by atoms with Crippen molar-refractivity contribution in [3.8, 4) is 34.8 Å². The smallest absolute Gasteiger partial charge is 0.418 e. The fraction of sp³-hybridized carbons (Fsp3) is 0.229. The van der Waals surface area contributed by atoms with E-state index in [-0.39, 0.29) is 50.9 Å². The number of carbonyl (C=O) groups is 1. The van der Waals surface area contributed by atoms with Crippen molar-refractivity contribution in [2.24, 2.45) is 0 Å². The molecular formula is C35H33F3N6O6S. The summed E-state index contributed by atoms with van der Waals surface area (Å²) in [6.45, 7) is 5.57. The predicted molar refractivity (Wildman–Crippen MR) is 182 cm³/mol. The Hall–Kier alpha value is -5.77. The van der Waals surface area contributed by atoms with Crippen LogP contribution in [0.5, 0.6) is 23.1 Å². The number of benzene rings is 3. The number of halogens is 3. The molecule has 0 saturated heterocycles. The van der Waals surface area contributed by atoms with Gasteiger partial charge in [-0.2, -0.15) is 18.2 Å². The summed E-state index contributed by atoms with van der Waals surface area (Å²) in [5.74, 6) is -1.55. The Balaban J connectivity index is 1.53. The molecule has 2 aromatic heterocycles. The Labute approximate surface area is 292 Å². The van der Waals surface area contributed by atoms with Crippen molar-refractivity contribution in [1.82, 2.24) is 19.9 Å². The zero-order valence-electron chi connectivity index (χ0n) is 27.9. The fourth-order valence-electron chi connectivity index (χ4n) is 4.63. The number of anilines is 2. The average molecular weight is 723 g/mol. The number of nitrogens with one attached hydrogen (secondary N) is 2. The van der Waals surface area contributed by atoms with Crippen molar-refractivity contribution < 1.29 is 40.6 Å². The van der Waals surface area contributed by atoms with E-state index in [1.54, 1.807) is 42.5 Å². The van der Waals surface area contributed by atoms with Crippen LogP contribution in [0.25, 0.3) is 11.6 Å². The fourth-order valence-corrected chi connectivity index (χ4v) is 5.63. The Bertz CT molecular complexity index is 2110. The number of amides is 1. The first-order valence-electron chi connectivity index (χ1n) is 15.4. The molecule has 0 radical (unpaired) electrons. The molecule has 2 heterocycles. The van der Waals surface area contributed by atoms with E-state index in [2.05, 4.69) is 30.0 Å². The van der Waals surface area contributed by atoms with Crippen molar-refractivity contribution >= 4 is 27.4 Å². The molecule has 5 rings (SSSR count). The molecule has 0 aliphatic carbocycles. The number of rotatable bonds is 12. The molecular weight excluding hydrogens is 689 g/mol. The number of ether oxygens (including phenoxy) is 3. The van der Waals surface area contributed by atoms with Crippen LogP contribution in [0.2, 0.25) is 0 Å². The highest BCUT2D eigenvalue weighted by Crippen LogP contribution is 2.42. The summed E-state index contributed by atoms with van der Waals surface area (Å²) < 4.78 is 87.9. The van der Waals surface area contributed by atoms with Crippen LogP contribution >= 0.6 is 0 Å². The minimum atomic E-state index is -4.69. The van der Waals surface area contributed by atoms with E-state index in [0.29, 0.717) is 0 Å². The van der Waals surface area contributed by atoms with Crippen molar-refractivity contribution in [2.75, 3.05) is 23.8 Å². The van der Waals surface area contributed by atoms with Gasteiger partial charge in [-0.05, 0) is 53.4 Å². The van der Waals surface area contributed by atoms with Gasteiger partial charge >= 0.3 is 6.18 Å². The predicted octanol–water partition coefficient (Wildman–Crippen LogP) is 7.26. The van der Waals surface area contributed by atoms with Crippen molar-refractivity contribution in [2.45, 2.75) is 43.7 Å². The van der Waals surface area contributed by atoms with Crippen molar-refractivity contribution in [3.05, 3.63) is 102 Å². The summed E-state index contributed by atoms with van der Waals surface area (Å²) in [6.07, 6.45) is -2.27. The summed E-state index contributed by atoms with van der Waals surface area (Å²) in [5.41, 5.74) is -0.755. The van der Waals surface area contributed by atoms with Crippen LogP contribution in [0.3, 0.4) is 0 Å². The Kier molecular flexibility index (Phi) is 10.7. The maximum Gasteiger partial charge on any atom is 0.418 e. The summed E-state index contributed by atoms with van der Waals surface area (Å²) >= 11 is 0. The number of para-hydroxylation sites is 3. The van der Waals surface area contributed by atoms with E-state index in [1.807, 2.05) is 20.8 Å². The Morgan fingerprint density at radius 1 is 0.824 bits per heavy atom. The first-order chi connectivity index (χ1) is 24.2. The quantitative estimate of drug-likeness (QED) is 0.135. The summed E-state index contributed by atoms with van der Waals surface area (Å²) in [5, 5.41) is 2.25. The second-order valence-corrected chi connectivity index (χ2v) is 13.6. The number of nitrogens with zero attached hydrogens (tertiary/aromatic N) is 4. The molecule has 0 bridgehead atoms. The zero-order chi connectivity index (χ0) is 36.8. The summed E-state index contributed by atoms with van der Waals surface area (Å²) in [7, 11) is -2.90. The van der Waals surface area contributed by atoms with Crippen LogP contribution in [0.1, 0.15) is 38.3 Å². The topological polar surface area (TPSA) is 155 Å². The first kappa shape index (κ1) is 36.5. The van der Waals surface area contributed by atoms with Crippen LogP contribution in [-0.2, 0) is 26.4 Å². The van der Waals surface area contributed by atoms with Crippen LogP contribution in [0.15, 0.2) is 96.2 Å². The van der Waals surface area contributed by atoms with E-state index < -0.39 is 46.4 Å². The molecule has 1 amide bonds. The number of hydrogen-bond donors (Lipinski definition) is 2. The molecule has 0 aliphatic rings. The zero-order valence-corrected chi connectivity index (χ0v) is 28.7. The number of alkyl halides is 3. The van der Waals surface area contributed by atoms with Gasteiger partial charge in [0, 0.05) is 12.4 Å². The highest BCUT2D eigenvalue weighted by atomic mass is 32.2. The highest BCUT2D eigenvalue weighted by Gasteiger charge is 2.33. The molecule has 3 aromatic carbocycles. The third-order valence-electron chi connectivity index (χ3n) is 7.22. The second kappa shape index (κ2) is 15.0. The monoisotopic (exact) mass is 722 g/mol. The molecule has 0 aliphatic heterocycles. The molecule has 0 atom stereocenters. The third kappa shape index (κ3) is 9.08. The first-order valence-corrected chi connectivity index (χ1v) is 16.9. The minimum absolute atomic E-state index is 0.00247. The van der Waals surface area contributed by atoms with Gasteiger partial charge in [0.1, 0.15) is 0 Å². The normalized spacial score (nSPS) is 11.8. The average Bonchev–Trinajstić information content (AvgIpc) is 3.09. The van der Waals surface area contributed by atoms with Crippen LogP contribution in [0.4, 0.5) is 24.7 Å². The molecule has 5 aromatic rings. The van der Waals surface area contributed by atoms with E-state index in [0.717, 1.165) is 17.7 Å². The molecule has 0 saturated carbocycles. The van der Waals surface area contributed by atoms with Gasteiger partial charge in [0.25, 0.3) is 15.9 Å². The van der Waals surface area contributed by atoms with Gasteiger partial charge in [0.2, 0.25) is 17.5 Å². The number of hydrogen-bond acceptors (Lipinski definition) is 10. The molecule has 0 spiro atoms. The maximum atomic E-state index is 13.8. The lowest BCUT2D eigenvalue weighted by molar-refractivity contribution is -0.137. The molecule has 12 nitrogen and oxygen atoms in total. The second-order valence-electron chi connectivity index (χ2n) is 11.9. The van der Waals surface area contributed by atoms with Gasteiger partial charge < -0.3 is 19.5 Å². The summed E-state index contributed by atoms with van der Waals surface area (Å²) in [4.78, 5) is 29.8. The standard InChI is InChI=1S/C35H33F3N6O6S/c1-34(2,3)22-14-16-23(17-15-22)51(46,47)44-30-29(50-27-13-8-7-12-26(27)48-4)33(43-32(42-30)31-39-19-9-20-40-31)49-21-18-28(45)41-25-11-6-5-10-24(25)35(36,37)38/h5-17,19-20H,18,21H2,1-4H3,(H,41,45)(H,42,43,44). The molecule has 0 fully saturated rings. The van der Waals surface area contributed by atoms with Gasteiger partial charge in [-0.3, -0.25) is 9.52 Å². The lowest BCUT2D eigenvalue weighted by Crippen LogP contribution is -2.19. The lowest BCUT2D eigenvalue weighted by Gasteiger charge is -2.20. The van der Waals surface area contributed by atoms with Gasteiger partial charge in [-0.15, -0.1) is 0 Å². The van der Waals surface area contributed by atoms with E-state index in [1.165, 1.54) is 43.8 Å². The summed E-state index contributed by atoms with van der Waals surface area (Å²) in [6, 6.07) is 18.9. The largest absolute Gasteiger partial charge is 0.493 e. The molecule has 0 unspecified atom stereocenters. The van der Waals surface area contributed by atoms with Gasteiger partial charge in [-0.25, -0.2) is 23.4 Å². The highest BCUT2D eigenvalue weighted by molar-refractivity contribution is 7.92. The Morgan fingerprint density at radius 2 is 1.47 bits per heavy atom. The third-order valence-corrected chi connectivity index (χ3v) is 8.57. The number of aromatic nitrogens is 4. The SMILES string of the molecule is COc1ccccc1Oc1c(NS(=O)(=O)c2ccc(C(C)(C)C)cc2)nc(-c2ncccn2)nc1OCCC(=O)Nc1ccccc1C(F)(F)F. The number of sulfonamides is 1. The van der Waals surface area contributed by atoms with Gasteiger partial charge in [0.15, 0.2) is 23.1 Å². The van der Waals surface area contributed by atoms with Crippen LogP contribution < -0.4 is 24.2 Å². The maximum absolute atomic E-state index is 13.8. The molecule has 51 heavy (non-hydrogen) atoms. The minimum Gasteiger partial charge on any atom is -0.493 e.